The average molecular weight is 431 g/mol. The molecule has 31 heavy (non-hydrogen) atoms. The predicted octanol–water partition coefficient (Wildman–Crippen LogP) is 2.34. The van der Waals surface area contributed by atoms with Gasteiger partial charge in [0.25, 0.3) is 5.91 Å². The Bertz CT molecular complexity index is 1010. The lowest BCUT2D eigenvalue weighted by molar-refractivity contribution is -0.149. The first-order chi connectivity index (χ1) is 14.8. The monoisotopic (exact) mass is 431 g/mol. The van der Waals surface area contributed by atoms with Crippen molar-refractivity contribution in [1.29, 1.82) is 0 Å². The second-order valence-electron chi connectivity index (χ2n) is 6.17. The zero-order chi connectivity index (χ0) is 23.0. The molecule has 164 valence electrons. The minimum absolute atomic E-state index is 0.00649. The Hall–Kier alpha value is -3.95. The minimum Gasteiger partial charge on any atom is -0.481 e. The quantitative estimate of drug-likeness (QED) is 0.341. The lowest BCUT2D eigenvalue weighted by Crippen LogP contribution is -2.24. The van der Waals surface area contributed by atoms with E-state index in [0.29, 0.717) is 6.29 Å². The van der Waals surface area contributed by atoms with Gasteiger partial charge in [0.2, 0.25) is 5.88 Å². The Balaban J connectivity index is 1.99. The fourth-order valence-electron chi connectivity index (χ4n) is 2.65. The lowest BCUT2D eigenvalue weighted by Gasteiger charge is -2.09. The minimum atomic E-state index is -0.860. The highest BCUT2D eigenvalue weighted by Crippen LogP contribution is 2.28. The van der Waals surface area contributed by atoms with E-state index in [2.05, 4.69) is 5.32 Å². The number of para-hydroxylation sites is 1. The van der Waals surface area contributed by atoms with E-state index < -0.39 is 36.8 Å². The van der Waals surface area contributed by atoms with Gasteiger partial charge in [0, 0.05) is 0 Å². The van der Waals surface area contributed by atoms with Crippen LogP contribution in [0.5, 0.6) is 5.75 Å². The van der Waals surface area contributed by atoms with Crippen molar-refractivity contribution in [2.45, 2.75) is 20.8 Å². The molecule has 0 saturated heterocycles. The number of furan rings is 1. The van der Waals surface area contributed by atoms with Crippen LogP contribution >= 0.6 is 0 Å². The molecule has 0 atom stereocenters. The maximum Gasteiger partial charge on any atom is 0.344 e. The molecule has 0 unspecified atom stereocenters. The van der Waals surface area contributed by atoms with E-state index in [0.717, 1.165) is 0 Å². The topological polar surface area (TPSA) is 138 Å². The Morgan fingerprint density at radius 1 is 1.06 bits per heavy atom. The molecule has 1 N–H and O–H groups in total. The fourth-order valence-corrected chi connectivity index (χ4v) is 2.65. The van der Waals surface area contributed by atoms with Crippen LogP contribution in [-0.4, -0.2) is 49.7 Å². The maximum atomic E-state index is 12.2. The van der Waals surface area contributed by atoms with Gasteiger partial charge in [0.1, 0.15) is 17.1 Å². The molecule has 0 spiro atoms. The summed E-state index contributed by atoms with van der Waals surface area (Å²) in [5.74, 6) is -2.90. The van der Waals surface area contributed by atoms with E-state index in [-0.39, 0.29) is 40.7 Å². The number of Topliss-reactive ketones (excluding diaryl/α,β-unsaturated/α-hetero) is 1. The number of hydrogen-bond acceptors (Lipinski definition) is 9. The Morgan fingerprint density at radius 2 is 1.77 bits per heavy atom. The molecule has 10 heteroatoms. The summed E-state index contributed by atoms with van der Waals surface area (Å²) in [6.45, 7) is 3.13. The number of hydrogen-bond donors (Lipinski definition) is 1. The van der Waals surface area contributed by atoms with Crippen molar-refractivity contribution in [1.82, 2.24) is 0 Å². The highest BCUT2D eigenvalue weighted by Gasteiger charge is 2.28. The molecule has 0 aliphatic carbocycles. The number of rotatable bonds is 10. The van der Waals surface area contributed by atoms with Gasteiger partial charge < -0.3 is 18.6 Å². The van der Waals surface area contributed by atoms with Crippen molar-refractivity contribution >= 4 is 35.8 Å². The molecule has 1 aromatic carbocycles. The zero-order valence-electron chi connectivity index (χ0n) is 17.2. The van der Waals surface area contributed by atoms with Gasteiger partial charge >= 0.3 is 11.9 Å². The average Bonchev–Trinajstić information content (AvgIpc) is 3.06. The number of aryl methyl sites for hydroxylation is 1. The molecule has 0 aliphatic rings. The summed E-state index contributed by atoms with van der Waals surface area (Å²) in [7, 11) is 0. The van der Waals surface area contributed by atoms with Gasteiger partial charge in [0.15, 0.2) is 25.3 Å². The number of carbonyl (C=O) groups is 5. The Kier molecular flexibility index (Phi) is 8.07. The van der Waals surface area contributed by atoms with Gasteiger partial charge in [-0.05, 0) is 32.9 Å². The van der Waals surface area contributed by atoms with Crippen LogP contribution in [0, 0.1) is 6.92 Å². The van der Waals surface area contributed by atoms with E-state index in [9.17, 15) is 24.0 Å². The predicted molar refractivity (Wildman–Crippen MR) is 106 cm³/mol. The largest absolute Gasteiger partial charge is 0.481 e. The molecular weight excluding hydrogens is 410 g/mol. The van der Waals surface area contributed by atoms with E-state index >= 15 is 0 Å². The first-order valence-electron chi connectivity index (χ1n) is 9.22. The number of ketones is 1. The molecule has 0 aliphatic heterocycles. The van der Waals surface area contributed by atoms with Crippen LogP contribution in [0.15, 0.2) is 28.7 Å². The molecule has 10 nitrogen and oxygen atoms in total. The number of esters is 2. The van der Waals surface area contributed by atoms with Crippen molar-refractivity contribution in [3.05, 3.63) is 46.7 Å². The highest BCUT2D eigenvalue weighted by molar-refractivity contribution is 6.10. The summed E-state index contributed by atoms with van der Waals surface area (Å²) < 4.78 is 20.3. The third kappa shape index (κ3) is 6.01. The van der Waals surface area contributed by atoms with Crippen LogP contribution in [0.3, 0.4) is 0 Å². The molecule has 1 aromatic heterocycles. The van der Waals surface area contributed by atoms with E-state index in [1.165, 1.54) is 26.0 Å². The summed E-state index contributed by atoms with van der Waals surface area (Å²) in [5, 5.41) is 2.29. The van der Waals surface area contributed by atoms with Crippen molar-refractivity contribution < 1.29 is 42.6 Å². The van der Waals surface area contributed by atoms with Crippen molar-refractivity contribution in [2.75, 3.05) is 25.1 Å². The molecule has 1 heterocycles. The highest BCUT2D eigenvalue weighted by atomic mass is 16.6. The van der Waals surface area contributed by atoms with Crippen LogP contribution < -0.4 is 10.1 Å². The van der Waals surface area contributed by atoms with Crippen molar-refractivity contribution in [2.24, 2.45) is 0 Å². The maximum absolute atomic E-state index is 12.2. The van der Waals surface area contributed by atoms with Gasteiger partial charge in [-0.25, -0.2) is 9.59 Å². The Labute approximate surface area is 177 Å². The van der Waals surface area contributed by atoms with Gasteiger partial charge in [-0.2, -0.15) is 0 Å². The first kappa shape index (κ1) is 23.3. The van der Waals surface area contributed by atoms with Gasteiger partial charge in [-0.1, -0.05) is 12.1 Å². The van der Waals surface area contributed by atoms with Crippen molar-refractivity contribution in [3.63, 3.8) is 0 Å². The molecule has 2 aromatic rings. The number of ether oxygens (including phenoxy) is 3. The number of benzene rings is 1. The fraction of sp³-hybridized carbons (Fsp3) is 0.286. The number of anilines is 1. The molecule has 0 saturated carbocycles. The lowest BCUT2D eigenvalue weighted by atomic mass is 10.1. The zero-order valence-corrected chi connectivity index (χ0v) is 17.2. The summed E-state index contributed by atoms with van der Waals surface area (Å²) in [6, 6.07) is 6.29. The molecular formula is C21H21NO9. The van der Waals surface area contributed by atoms with Crippen LogP contribution in [0.2, 0.25) is 0 Å². The van der Waals surface area contributed by atoms with E-state index in [1.807, 2.05) is 0 Å². The van der Waals surface area contributed by atoms with Gasteiger partial charge in [-0.15, -0.1) is 0 Å². The summed E-state index contributed by atoms with van der Waals surface area (Å²) in [5.41, 5.74) is 0.0438. The van der Waals surface area contributed by atoms with Gasteiger partial charge in [0.05, 0.1) is 17.7 Å². The van der Waals surface area contributed by atoms with Crippen LogP contribution in [0.1, 0.15) is 50.7 Å². The van der Waals surface area contributed by atoms with E-state index in [4.69, 9.17) is 18.6 Å². The van der Waals surface area contributed by atoms with Crippen LogP contribution in [0.25, 0.3) is 0 Å². The van der Waals surface area contributed by atoms with Crippen LogP contribution in [0.4, 0.5) is 5.88 Å². The Morgan fingerprint density at radius 3 is 2.42 bits per heavy atom. The number of nitrogens with one attached hydrogen (secondary N) is 1. The number of aldehydes is 1. The SMILES string of the molecule is CCOC(=O)c1c(NC(=O)COC(=O)COc2ccccc2C=O)oc(C)c1C(C)=O. The third-order valence-electron chi connectivity index (χ3n) is 3.92. The van der Waals surface area contributed by atoms with E-state index in [1.54, 1.807) is 19.1 Å². The normalized spacial score (nSPS) is 10.2. The molecule has 0 bridgehead atoms. The molecule has 0 fully saturated rings. The standard InChI is InChI=1S/C21H21NO9/c1-4-28-21(27)19-18(12(2)24)13(3)31-20(19)22-16(25)10-30-17(26)11-29-15-8-6-5-7-14(15)9-23/h5-9H,4,10-11H2,1-3H3,(H,22,25). The molecule has 1 amide bonds. The third-order valence-corrected chi connectivity index (χ3v) is 3.92. The molecule has 0 radical (unpaired) electrons. The first-order valence-corrected chi connectivity index (χ1v) is 9.22. The second kappa shape index (κ2) is 10.7. The summed E-state index contributed by atoms with van der Waals surface area (Å²) in [6.07, 6.45) is 0.579. The number of amides is 1. The summed E-state index contributed by atoms with van der Waals surface area (Å²) in [4.78, 5) is 59.0. The molecule has 2 rings (SSSR count). The van der Waals surface area contributed by atoms with Crippen LogP contribution in [-0.2, 0) is 19.1 Å². The van der Waals surface area contributed by atoms with Crippen molar-refractivity contribution in [3.8, 4) is 5.75 Å². The number of carbonyl (C=O) groups excluding carboxylic acids is 5. The second-order valence-corrected chi connectivity index (χ2v) is 6.17. The summed E-state index contributed by atoms with van der Waals surface area (Å²) >= 11 is 0. The van der Waals surface area contributed by atoms with Gasteiger partial charge in [-0.3, -0.25) is 19.7 Å². The smallest absolute Gasteiger partial charge is 0.344 e.